The number of hydrogen-bond donors (Lipinski definition) is 0. The molecule has 64 valence electrons. The lowest BCUT2D eigenvalue weighted by atomic mass is 10.1. The summed E-state index contributed by atoms with van der Waals surface area (Å²) in [5.41, 5.74) is 0. The summed E-state index contributed by atoms with van der Waals surface area (Å²) in [7, 11) is 1.15. The van der Waals surface area contributed by atoms with E-state index in [9.17, 15) is 0 Å². The fourth-order valence-electron chi connectivity index (χ4n) is 1.12. The van der Waals surface area contributed by atoms with Crippen LogP contribution in [0.5, 0.6) is 0 Å². The van der Waals surface area contributed by atoms with E-state index in [1.54, 1.807) is 0 Å². The first kappa shape index (κ1) is 11.0. The van der Waals surface area contributed by atoms with Crippen molar-refractivity contribution in [2.24, 2.45) is 0 Å². The number of rotatable bonds is 8. The summed E-state index contributed by atoms with van der Waals surface area (Å²) in [6.07, 6.45) is 10.3. The Morgan fingerprint density at radius 3 is 2.36 bits per heavy atom. The third-order valence-electron chi connectivity index (χ3n) is 1.84. The van der Waals surface area contributed by atoms with Crippen LogP contribution in [0.4, 0.5) is 0 Å². The van der Waals surface area contributed by atoms with Gasteiger partial charge in [0.15, 0.2) is 0 Å². The minimum atomic E-state index is 1.15. The first-order chi connectivity index (χ1) is 5.41. The predicted molar refractivity (Wildman–Crippen MR) is 54.3 cm³/mol. The first-order valence-electron chi connectivity index (χ1n) is 4.67. The van der Waals surface area contributed by atoms with Gasteiger partial charge in [0, 0.05) is 9.52 Å². The maximum Gasteiger partial charge on any atom is 0.0342 e. The number of allylic oxidation sites excluding steroid dienone is 1. The van der Waals surface area contributed by atoms with Crippen molar-refractivity contribution in [1.82, 2.24) is 0 Å². The zero-order chi connectivity index (χ0) is 8.36. The van der Waals surface area contributed by atoms with Crippen molar-refractivity contribution in [3.63, 3.8) is 0 Å². The Balaban J connectivity index is 2.74. The van der Waals surface area contributed by atoms with Crippen molar-refractivity contribution < 1.29 is 0 Å². The highest BCUT2D eigenvalue weighted by atomic mass is 28.2. The summed E-state index contributed by atoms with van der Waals surface area (Å²) in [5, 5.41) is 0. The summed E-state index contributed by atoms with van der Waals surface area (Å²) in [6, 6.07) is 1.45. The van der Waals surface area contributed by atoms with Crippen LogP contribution in [0.3, 0.4) is 0 Å². The van der Waals surface area contributed by atoms with Crippen LogP contribution in [0.1, 0.15) is 38.5 Å². The van der Waals surface area contributed by atoms with Crippen LogP contribution in [-0.2, 0) is 0 Å². The van der Waals surface area contributed by atoms with E-state index in [0.717, 1.165) is 9.52 Å². The molecule has 0 atom stereocenters. The van der Waals surface area contributed by atoms with Crippen LogP contribution in [0.25, 0.3) is 0 Å². The minimum absolute atomic E-state index is 1.15. The lowest BCUT2D eigenvalue weighted by molar-refractivity contribution is 0.637. The van der Waals surface area contributed by atoms with E-state index in [-0.39, 0.29) is 0 Å². The van der Waals surface area contributed by atoms with Crippen molar-refractivity contribution in [2.75, 3.05) is 0 Å². The maximum absolute atomic E-state index is 3.71. The van der Waals surface area contributed by atoms with Crippen LogP contribution >= 0.6 is 0 Å². The Hall–Kier alpha value is -0.0431. The lowest BCUT2D eigenvalue weighted by Gasteiger charge is -1.97. The van der Waals surface area contributed by atoms with Crippen molar-refractivity contribution >= 4 is 9.52 Å². The fraction of sp³-hybridized carbons (Fsp3) is 0.800. The second-order valence-corrected chi connectivity index (χ2v) is 4.16. The molecule has 0 bridgehead atoms. The fourth-order valence-corrected chi connectivity index (χ4v) is 1.72. The van der Waals surface area contributed by atoms with Crippen molar-refractivity contribution in [1.29, 1.82) is 0 Å². The Bertz CT molecular complexity index is 78.9. The molecule has 0 aliphatic rings. The monoisotopic (exact) mass is 168 g/mol. The van der Waals surface area contributed by atoms with Gasteiger partial charge in [-0.05, 0) is 12.8 Å². The molecule has 0 amide bonds. The largest absolute Gasteiger partial charge is 0.103 e. The Morgan fingerprint density at radius 2 is 1.73 bits per heavy atom. The van der Waals surface area contributed by atoms with Gasteiger partial charge in [-0.1, -0.05) is 44.4 Å². The molecule has 0 heterocycles. The quantitative estimate of drug-likeness (QED) is 0.295. The van der Waals surface area contributed by atoms with Crippen molar-refractivity contribution in [2.45, 2.75) is 51.1 Å². The van der Waals surface area contributed by atoms with E-state index in [1.807, 2.05) is 6.08 Å². The summed E-state index contributed by atoms with van der Waals surface area (Å²) >= 11 is 0. The molecule has 0 fully saturated rings. The maximum atomic E-state index is 3.71. The zero-order valence-electron chi connectivity index (χ0n) is 7.73. The molecule has 0 N–H and O–H groups in total. The Kier molecular flexibility index (Phi) is 9.92. The van der Waals surface area contributed by atoms with Gasteiger partial charge in [-0.15, -0.1) is 6.58 Å². The summed E-state index contributed by atoms with van der Waals surface area (Å²) in [4.78, 5) is 0. The van der Waals surface area contributed by atoms with Crippen molar-refractivity contribution in [3.8, 4) is 0 Å². The molecule has 0 nitrogen and oxygen atoms in total. The van der Waals surface area contributed by atoms with Crippen LogP contribution in [-0.4, -0.2) is 9.52 Å². The lowest BCUT2D eigenvalue weighted by Crippen LogP contribution is -1.82. The third-order valence-corrected chi connectivity index (χ3v) is 2.69. The zero-order valence-corrected chi connectivity index (χ0v) is 8.73. The molecular formula is C10H20Si. The highest BCUT2D eigenvalue weighted by Crippen LogP contribution is 2.06. The van der Waals surface area contributed by atoms with Crippen LogP contribution in [0.15, 0.2) is 12.7 Å². The molecule has 0 saturated heterocycles. The SMILES string of the molecule is C=CCCCCCCC[Si]C. The smallest absolute Gasteiger partial charge is 0.0342 e. The standard InChI is InChI=1S/C10H20Si/c1-3-4-5-6-7-8-9-10-11-2/h3H,1,4-10H2,2H3. The molecule has 11 heavy (non-hydrogen) atoms. The van der Waals surface area contributed by atoms with Crippen LogP contribution < -0.4 is 0 Å². The molecule has 1 heteroatoms. The van der Waals surface area contributed by atoms with Gasteiger partial charge >= 0.3 is 0 Å². The van der Waals surface area contributed by atoms with E-state index in [0.29, 0.717) is 0 Å². The first-order valence-corrected chi connectivity index (χ1v) is 6.38. The highest BCUT2D eigenvalue weighted by Gasteiger charge is 1.88. The van der Waals surface area contributed by atoms with Gasteiger partial charge in [-0.3, -0.25) is 0 Å². The van der Waals surface area contributed by atoms with Gasteiger partial charge in [-0.25, -0.2) is 0 Å². The average molecular weight is 168 g/mol. The Labute approximate surface area is 73.9 Å². The topological polar surface area (TPSA) is 0 Å². The summed E-state index contributed by atoms with van der Waals surface area (Å²) in [6.45, 7) is 6.00. The van der Waals surface area contributed by atoms with Gasteiger partial charge in [0.05, 0.1) is 0 Å². The van der Waals surface area contributed by atoms with E-state index >= 15 is 0 Å². The normalized spacial score (nSPS) is 9.91. The van der Waals surface area contributed by atoms with E-state index in [4.69, 9.17) is 0 Å². The number of unbranched alkanes of at least 4 members (excludes halogenated alkanes) is 5. The molecule has 0 aromatic carbocycles. The number of hydrogen-bond acceptors (Lipinski definition) is 0. The van der Waals surface area contributed by atoms with E-state index in [1.165, 1.54) is 44.6 Å². The Morgan fingerprint density at radius 1 is 1.09 bits per heavy atom. The van der Waals surface area contributed by atoms with Gasteiger partial charge < -0.3 is 0 Å². The molecule has 0 aliphatic heterocycles. The van der Waals surface area contributed by atoms with Crippen LogP contribution in [0, 0.1) is 0 Å². The molecule has 0 unspecified atom stereocenters. The van der Waals surface area contributed by atoms with Crippen molar-refractivity contribution in [3.05, 3.63) is 12.7 Å². The van der Waals surface area contributed by atoms with Gasteiger partial charge in [0.2, 0.25) is 0 Å². The molecule has 0 aromatic rings. The van der Waals surface area contributed by atoms with Crippen LogP contribution in [0.2, 0.25) is 12.6 Å². The molecule has 0 spiro atoms. The second-order valence-electron chi connectivity index (χ2n) is 2.95. The predicted octanol–water partition coefficient (Wildman–Crippen LogP) is 3.68. The van der Waals surface area contributed by atoms with E-state index in [2.05, 4.69) is 13.1 Å². The molecule has 0 aliphatic carbocycles. The molecule has 2 radical (unpaired) electrons. The highest BCUT2D eigenvalue weighted by molar-refractivity contribution is 6.33. The summed E-state index contributed by atoms with van der Waals surface area (Å²) < 4.78 is 0. The molecule has 0 saturated carbocycles. The minimum Gasteiger partial charge on any atom is -0.103 e. The van der Waals surface area contributed by atoms with Gasteiger partial charge in [0.25, 0.3) is 0 Å². The van der Waals surface area contributed by atoms with Gasteiger partial charge in [0.1, 0.15) is 0 Å². The van der Waals surface area contributed by atoms with Gasteiger partial charge in [-0.2, -0.15) is 0 Å². The average Bonchev–Trinajstić information content (AvgIpc) is 2.03. The third kappa shape index (κ3) is 9.96. The van der Waals surface area contributed by atoms with E-state index < -0.39 is 0 Å². The summed E-state index contributed by atoms with van der Waals surface area (Å²) in [5.74, 6) is 0. The second kappa shape index (κ2) is 9.96. The molecule has 0 aromatic heterocycles. The molecular weight excluding hydrogens is 148 g/mol. The molecule has 0 rings (SSSR count).